The molecule has 1 aliphatic rings. The van der Waals surface area contributed by atoms with Gasteiger partial charge in [0.05, 0.1) is 5.69 Å². The van der Waals surface area contributed by atoms with Gasteiger partial charge in [-0.1, -0.05) is 36.0 Å². The molecule has 1 saturated carbocycles. The van der Waals surface area contributed by atoms with E-state index in [-0.39, 0.29) is 10.8 Å². The van der Waals surface area contributed by atoms with Crippen molar-refractivity contribution < 1.29 is 14.7 Å². The van der Waals surface area contributed by atoms with Crippen molar-refractivity contribution in [3.8, 4) is 0 Å². The lowest BCUT2D eigenvalue weighted by Crippen LogP contribution is -2.19. The van der Waals surface area contributed by atoms with Crippen LogP contribution in [-0.2, 0) is 0 Å². The van der Waals surface area contributed by atoms with Crippen LogP contribution in [0.5, 0.6) is 0 Å². The Labute approximate surface area is 131 Å². The summed E-state index contributed by atoms with van der Waals surface area (Å²) in [7, 11) is 0. The predicted molar refractivity (Wildman–Crippen MR) is 84.7 cm³/mol. The average Bonchev–Trinajstić information content (AvgIpc) is 2.81. The van der Waals surface area contributed by atoms with E-state index in [4.69, 9.17) is 0 Å². The number of aromatic carboxylic acids is 1. The summed E-state index contributed by atoms with van der Waals surface area (Å²) >= 11 is 1.00. The van der Waals surface area contributed by atoms with E-state index in [2.05, 4.69) is 15.6 Å². The van der Waals surface area contributed by atoms with Gasteiger partial charge in [0.2, 0.25) is 0 Å². The lowest BCUT2D eigenvalue weighted by molar-refractivity contribution is 0.0699. The first-order valence-electron chi connectivity index (χ1n) is 7.00. The van der Waals surface area contributed by atoms with E-state index in [0.29, 0.717) is 16.5 Å². The molecule has 2 aromatic rings. The number of para-hydroxylation sites is 1. The van der Waals surface area contributed by atoms with Crippen LogP contribution in [0.3, 0.4) is 0 Å². The fourth-order valence-electron chi connectivity index (χ4n) is 2.28. The van der Waals surface area contributed by atoms with Gasteiger partial charge in [-0.05, 0) is 25.0 Å². The second kappa shape index (κ2) is 6.15. The number of rotatable bonds is 4. The molecular formula is C15H15N3O3S. The summed E-state index contributed by atoms with van der Waals surface area (Å²) in [5.74, 6) is -0.786. The third-order valence-corrected chi connectivity index (χ3v) is 4.57. The number of benzene rings is 1. The van der Waals surface area contributed by atoms with Crippen molar-refractivity contribution in [1.82, 2.24) is 4.98 Å². The summed E-state index contributed by atoms with van der Waals surface area (Å²) < 4.78 is 0. The maximum atomic E-state index is 11.9. The zero-order chi connectivity index (χ0) is 15.5. The van der Waals surface area contributed by atoms with E-state index in [1.54, 1.807) is 12.1 Å². The molecule has 3 rings (SSSR count). The van der Waals surface area contributed by atoms with E-state index >= 15 is 0 Å². The van der Waals surface area contributed by atoms with Crippen LogP contribution in [0.25, 0.3) is 0 Å². The summed E-state index contributed by atoms with van der Waals surface area (Å²) in [5.41, 5.74) is 1.26. The minimum absolute atomic E-state index is 0.204. The normalized spacial score (nSPS) is 14.2. The first-order chi connectivity index (χ1) is 10.6. The Balaban J connectivity index is 1.72. The second-order valence-electron chi connectivity index (χ2n) is 5.11. The highest BCUT2D eigenvalue weighted by Crippen LogP contribution is 2.40. The Bertz CT molecular complexity index is 695. The van der Waals surface area contributed by atoms with Gasteiger partial charge < -0.3 is 10.4 Å². The summed E-state index contributed by atoms with van der Waals surface area (Å²) in [6.07, 6.45) is 3.01. The van der Waals surface area contributed by atoms with Crippen molar-refractivity contribution in [2.24, 2.45) is 0 Å². The molecule has 0 saturated heterocycles. The molecule has 2 amide bonds. The summed E-state index contributed by atoms with van der Waals surface area (Å²) in [5, 5.41) is 14.8. The third kappa shape index (κ3) is 3.09. The molecule has 1 aliphatic carbocycles. The molecule has 0 aliphatic heterocycles. The number of hydrogen-bond acceptors (Lipinski definition) is 4. The molecule has 0 atom stereocenters. The van der Waals surface area contributed by atoms with Gasteiger partial charge in [0.15, 0.2) is 5.13 Å². The van der Waals surface area contributed by atoms with Crippen LogP contribution in [-0.4, -0.2) is 22.1 Å². The minimum Gasteiger partial charge on any atom is -0.477 e. The van der Waals surface area contributed by atoms with Crippen molar-refractivity contribution in [1.29, 1.82) is 0 Å². The maximum absolute atomic E-state index is 11.9. The predicted octanol–water partition coefficient (Wildman–Crippen LogP) is 3.75. The van der Waals surface area contributed by atoms with Gasteiger partial charge in [-0.2, -0.15) is 0 Å². The van der Waals surface area contributed by atoms with E-state index in [1.807, 2.05) is 18.2 Å². The monoisotopic (exact) mass is 317 g/mol. The molecule has 1 aromatic carbocycles. The third-order valence-electron chi connectivity index (χ3n) is 3.59. The molecule has 114 valence electrons. The van der Waals surface area contributed by atoms with Gasteiger partial charge in [-0.25, -0.2) is 14.6 Å². The number of amides is 2. The van der Waals surface area contributed by atoms with Crippen LogP contribution in [0.1, 0.15) is 40.5 Å². The number of hydrogen-bond donors (Lipinski definition) is 3. The Morgan fingerprint density at radius 2 is 1.91 bits per heavy atom. The van der Waals surface area contributed by atoms with Crippen molar-refractivity contribution in [2.45, 2.75) is 25.2 Å². The summed E-state index contributed by atoms with van der Waals surface area (Å²) in [4.78, 5) is 27.7. The maximum Gasteiger partial charge on any atom is 0.347 e. The molecular weight excluding hydrogens is 302 g/mol. The van der Waals surface area contributed by atoms with Gasteiger partial charge in [-0.3, -0.25) is 5.32 Å². The van der Waals surface area contributed by atoms with Crippen molar-refractivity contribution >= 4 is 34.2 Å². The molecule has 0 radical (unpaired) electrons. The Hall–Kier alpha value is -2.41. The molecule has 6 nitrogen and oxygen atoms in total. The van der Waals surface area contributed by atoms with Crippen LogP contribution in [0.15, 0.2) is 30.3 Å². The first-order valence-corrected chi connectivity index (χ1v) is 7.82. The van der Waals surface area contributed by atoms with E-state index in [9.17, 15) is 14.7 Å². The smallest absolute Gasteiger partial charge is 0.347 e. The quantitative estimate of drug-likeness (QED) is 0.801. The Kier molecular flexibility index (Phi) is 4.06. The lowest BCUT2D eigenvalue weighted by Gasteiger charge is -2.23. The number of nitrogens with zero attached hydrogens (tertiary/aromatic N) is 1. The number of thiazole rings is 1. The fraction of sp³-hybridized carbons (Fsp3) is 0.267. The highest BCUT2D eigenvalue weighted by molar-refractivity contribution is 7.17. The lowest BCUT2D eigenvalue weighted by atomic mass is 9.82. The zero-order valence-corrected chi connectivity index (χ0v) is 12.5. The van der Waals surface area contributed by atoms with E-state index in [0.717, 1.165) is 30.6 Å². The summed E-state index contributed by atoms with van der Waals surface area (Å²) in [6, 6.07) is 8.59. The fourth-order valence-corrected chi connectivity index (χ4v) is 3.16. The topological polar surface area (TPSA) is 91.3 Å². The number of anilines is 2. The standard InChI is InChI=1S/C15H15N3O3S/c19-13(20)12-11(9-5-4-6-9)17-15(22-12)18-14(21)16-10-7-2-1-3-8-10/h1-3,7-9H,4-6H2,(H,19,20)(H2,16,17,18,21). The van der Waals surface area contributed by atoms with Crippen molar-refractivity contribution in [2.75, 3.05) is 10.6 Å². The van der Waals surface area contributed by atoms with Crippen LogP contribution < -0.4 is 10.6 Å². The minimum atomic E-state index is -0.990. The van der Waals surface area contributed by atoms with Crippen LogP contribution in [0.4, 0.5) is 15.6 Å². The number of aromatic nitrogens is 1. The Morgan fingerprint density at radius 1 is 1.18 bits per heavy atom. The molecule has 1 aromatic heterocycles. The van der Waals surface area contributed by atoms with E-state index in [1.165, 1.54) is 0 Å². The highest BCUT2D eigenvalue weighted by atomic mass is 32.1. The average molecular weight is 317 g/mol. The molecule has 0 bridgehead atoms. The van der Waals surface area contributed by atoms with Gasteiger partial charge >= 0.3 is 12.0 Å². The molecule has 1 heterocycles. The molecule has 22 heavy (non-hydrogen) atoms. The highest BCUT2D eigenvalue weighted by Gasteiger charge is 2.29. The molecule has 3 N–H and O–H groups in total. The van der Waals surface area contributed by atoms with E-state index < -0.39 is 12.0 Å². The SMILES string of the molecule is O=C(Nc1ccccc1)Nc1nc(C2CCC2)c(C(=O)O)s1. The molecule has 1 fully saturated rings. The second-order valence-corrected chi connectivity index (χ2v) is 6.11. The van der Waals surface area contributed by atoms with Crippen LogP contribution in [0, 0.1) is 0 Å². The van der Waals surface area contributed by atoms with Gasteiger partial charge in [0, 0.05) is 11.6 Å². The number of urea groups is 1. The molecule has 0 spiro atoms. The van der Waals surface area contributed by atoms with Crippen molar-refractivity contribution in [3.63, 3.8) is 0 Å². The van der Waals surface area contributed by atoms with Gasteiger partial charge in [-0.15, -0.1) is 0 Å². The number of carbonyl (C=O) groups is 2. The van der Waals surface area contributed by atoms with Crippen LogP contribution >= 0.6 is 11.3 Å². The van der Waals surface area contributed by atoms with Crippen molar-refractivity contribution in [3.05, 3.63) is 40.9 Å². The van der Waals surface area contributed by atoms with Crippen LogP contribution in [0.2, 0.25) is 0 Å². The summed E-state index contributed by atoms with van der Waals surface area (Å²) in [6.45, 7) is 0. The molecule has 7 heteroatoms. The van der Waals surface area contributed by atoms with Gasteiger partial charge in [0.1, 0.15) is 4.88 Å². The number of carboxylic acid groups (broad SMARTS) is 1. The number of nitrogens with one attached hydrogen (secondary N) is 2. The largest absolute Gasteiger partial charge is 0.477 e. The number of carbonyl (C=O) groups excluding carboxylic acids is 1. The molecule has 0 unspecified atom stereocenters. The first kappa shape index (κ1) is 14.5. The number of carboxylic acids is 1. The zero-order valence-electron chi connectivity index (χ0n) is 11.7. The Morgan fingerprint density at radius 3 is 2.50 bits per heavy atom. The van der Waals surface area contributed by atoms with Gasteiger partial charge in [0.25, 0.3) is 0 Å².